The molecule has 0 aromatic heterocycles. The van der Waals surface area contributed by atoms with E-state index in [1.54, 1.807) is 11.0 Å². The molecule has 1 aromatic rings. The molecule has 0 unspecified atom stereocenters. The number of amides is 1. The van der Waals surface area contributed by atoms with Crippen molar-refractivity contribution in [3.8, 4) is 5.75 Å². The highest BCUT2D eigenvalue weighted by Gasteiger charge is 2.11. The number of carbonyl (C=O) groups is 1. The second-order valence-corrected chi connectivity index (χ2v) is 3.80. The molecular weight excluding hydrogens is 237 g/mol. The lowest BCUT2D eigenvalue weighted by molar-refractivity contribution is -0.133. The fraction of sp³-hybridized carbons (Fsp3) is 0.462. The Morgan fingerprint density at radius 1 is 1.50 bits per heavy atom. The van der Waals surface area contributed by atoms with Gasteiger partial charge >= 0.3 is 0 Å². The Labute approximate surface area is 106 Å². The first kappa shape index (κ1) is 14.4. The molecule has 0 radical (unpaired) electrons. The fourth-order valence-corrected chi connectivity index (χ4v) is 1.51. The molecule has 0 saturated heterocycles. The summed E-state index contributed by atoms with van der Waals surface area (Å²) >= 11 is 0. The molecule has 1 rings (SSSR count). The lowest BCUT2D eigenvalue weighted by atomic mass is 10.3. The maximum atomic E-state index is 12.9. The highest BCUT2D eigenvalue weighted by molar-refractivity contribution is 5.77. The van der Waals surface area contributed by atoms with Crippen LogP contribution in [-0.2, 0) is 4.79 Å². The first-order chi connectivity index (χ1) is 8.67. The molecule has 18 heavy (non-hydrogen) atoms. The van der Waals surface area contributed by atoms with Crippen LogP contribution >= 0.6 is 0 Å². The fourth-order valence-electron chi connectivity index (χ4n) is 1.51. The predicted molar refractivity (Wildman–Crippen MR) is 65.9 cm³/mol. The van der Waals surface area contributed by atoms with Crippen molar-refractivity contribution in [2.24, 2.45) is 0 Å². The zero-order valence-electron chi connectivity index (χ0n) is 10.4. The minimum Gasteiger partial charge on any atom is -0.484 e. The third kappa shape index (κ3) is 4.71. The number of ether oxygens (including phenoxy) is 1. The Hall–Kier alpha value is -1.62. The van der Waals surface area contributed by atoms with E-state index in [9.17, 15) is 9.18 Å². The zero-order chi connectivity index (χ0) is 13.4. The number of benzene rings is 1. The van der Waals surface area contributed by atoms with E-state index in [0.717, 1.165) is 0 Å². The molecule has 0 fully saturated rings. The number of hydrogen-bond acceptors (Lipinski definition) is 3. The quantitative estimate of drug-likeness (QED) is 0.802. The van der Waals surface area contributed by atoms with Crippen molar-refractivity contribution in [1.29, 1.82) is 0 Å². The molecule has 0 aliphatic carbocycles. The summed E-state index contributed by atoms with van der Waals surface area (Å²) in [7, 11) is 0. The van der Waals surface area contributed by atoms with E-state index in [4.69, 9.17) is 9.84 Å². The molecule has 1 amide bonds. The van der Waals surface area contributed by atoms with Gasteiger partial charge in [-0.2, -0.15) is 0 Å². The molecule has 1 N–H and O–H groups in total. The van der Waals surface area contributed by atoms with Gasteiger partial charge in [0.2, 0.25) is 0 Å². The summed E-state index contributed by atoms with van der Waals surface area (Å²) in [5, 5.41) is 8.72. The summed E-state index contributed by atoms with van der Waals surface area (Å²) in [6, 6.07) is 5.67. The summed E-state index contributed by atoms with van der Waals surface area (Å²) in [6.45, 7) is 2.85. The molecule has 0 aliphatic rings. The molecule has 1 aromatic carbocycles. The van der Waals surface area contributed by atoms with Crippen molar-refractivity contribution in [2.75, 3.05) is 26.3 Å². The number of rotatable bonds is 7. The van der Waals surface area contributed by atoms with Crippen molar-refractivity contribution < 1.29 is 19.0 Å². The topological polar surface area (TPSA) is 49.8 Å². The number of carbonyl (C=O) groups excluding carboxylic acids is 1. The van der Waals surface area contributed by atoms with E-state index in [1.165, 1.54) is 18.2 Å². The Bertz CT molecular complexity index is 384. The van der Waals surface area contributed by atoms with Crippen molar-refractivity contribution in [3.05, 3.63) is 30.1 Å². The van der Waals surface area contributed by atoms with Crippen LogP contribution in [0.4, 0.5) is 4.39 Å². The van der Waals surface area contributed by atoms with Crippen LogP contribution in [0.25, 0.3) is 0 Å². The van der Waals surface area contributed by atoms with Gasteiger partial charge in [0.05, 0.1) is 0 Å². The summed E-state index contributed by atoms with van der Waals surface area (Å²) in [6.07, 6.45) is 0.541. The van der Waals surface area contributed by atoms with E-state index in [2.05, 4.69) is 0 Å². The number of aliphatic hydroxyl groups excluding tert-OH is 1. The molecule has 0 bridgehead atoms. The average Bonchev–Trinajstić information content (AvgIpc) is 2.37. The van der Waals surface area contributed by atoms with Crippen LogP contribution < -0.4 is 4.74 Å². The maximum absolute atomic E-state index is 12.9. The number of halogens is 1. The van der Waals surface area contributed by atoms with Gasteiger partial charge in [-0.05, 0) is 25.5 Å². The molecule has 0 aliphatic heterocycles. The van der Waals surface area contributed by atoms with Gasteiger partial charge in [-0.25, -0.2) is 4.39 Å². The van der Waals surface area contributed by atoms with Gasteiger partial charge in [0.25, 0.3) is 5.91 Å². The van der Waals surface area contributed by atoms with Crippen molar-refractivity contribution in [3.63, 3.8) is 0 Å². The molecule has 5 heteroatoms. The van der Waals surface area contributed by atoms with Crippen LogP contribution in [0, 0.1) is 5.82 Å². The van der Waals surface area contributed by atoms with Gasteiger partial charge in [0, 0.05) is 25.8 Å². The number of aliphatic hydroxyl groups is 1. The van der Waals surface area contributed by atoms with Crippen LogP contribution in [0.3, 0.4) is 0 Å². The van der Waals surface area contributed by atoms with Crippen LogP contribution in [0.2, 0.25) is 0 Å². The van der Waals surface area contributed by atoms with Crippen molar-refractivity contribution in [2.45, 2.75) is 13.3 Å². The maximum Gasteiger partial charge on any atom is 0.260 e. The second kappa shape index (κ2) is 7.66. The third-order valence-electron chi connectivity index (χ3n) is 2.48. The molecule has 0 saturated carbocycles. The van der Waals surface area contributed by atoms with Gasteiger partial charge < -0.3 is 14.7 Å². The molecular formula is C13H18FNO3. The Morgan fingerprint density at radius 3 is 2.89 bits per heavy atom. The van der Waals surface area contributed by atoms with Crippen LogP contribution in [0.1, 0.15) is 13.3 Å². The highest BCUT2D eigenvalue weighted by atomic mass is 19.1. The van der Waals surface area contributed by atoms with Crippen LogP contribution in [-0.4, -0.2) is 42.2 Å². The highest BCUT2D eigenvalue weighted by Crippen LogP contribution is 2.11. The molecule has 0 atom stereocenters. The number of hydrogen-bond donors (Lipinski definition) is 1. The molecule has 100 valence electrons. The normalized spacial score (nSPS) is 10.2. The summed E-state index contributed by atoms with van der Waals surface area (Å²) in [5.74, 6) is -0.232. The molecule has 4 nitrogen and oxygen atoms in total. The van der Waals surface area contributed by atoms with E-state index >= 15 is 0 Å². The van der Waals surface area contributed by atoms with Gasteiger partial charge in [0.1, 0.15) is 11.6 Å². The van der Waals surface area contributed by atoms with Crippen molar-refractivity contribution >= 4 is 5.91 Å². The van der Waals surface area contributed by atoms with Gasteiger partial charge in [0.15, 0.2) is 6.61 Å². The van der Waals surface area contributed by atoms with E-state index in [0.29, 0.717) is 25.3 Å². The first-order valence-corrected chi connectivity index (χ1v) is 5.94. The smallest absolute Gasteiger partial charge is 0.260 e. The number of nitrogens with zero attached hydrogens (tertiary/aromatic N) is 1. The summed E-state index contributed by atoms with van der Waals surface area (Å²) < 4.78 is 18.1. The Kier molecular flexibility index (Phi) is 6.14. The Balaban J connectivity index is 2.44. The largest absolute Gasteiger partial charge is 0.484 e. The van der Waals surface area contributed by atoms with Gasteiger partial charge in [-0.3, -0.25) is 4.79 Å². The lowest BCUT2D eigenvalue weighted by Crippen LogP contribution is -2.35. The third-order valence-corrected chi connectivity index (χ3v) is 2.48. The molecule has 0 spiro atoms. The molecule has 0 heterocycles. The standard InChI is InChI=1S/C13H18FNO3/c1-2-15(7-4-8-16)13(17)10-18-12-6-3-5-11(14)9-12/h3,5-6,9,16H,2,4,7-8,10H2,1H3. The van der Waals surface area contributed by atoms with Crippen LogP contribution in [0.15, 0.2) is 24.3 Å². The van der Waals surface area contributed by atoms with Crippen LogP contribution in [0.5, 0.6) is 5.75 Å². The average molecular weight is 255 g/mol. The van der Waals surface area contributed by atoms with Gasteiger partial charge in [-0.15, -0.1) is 0 Å². The minimum absolute atomic E-state index is 0.0501. The SMILES string of the molecule is CCN(CCCO)C(=O)COc1cccc(F)c1. The predicted octanol–water partition coefficient (Wildman–Crippen LogP) is 1.44. The monoisotopic (exact) mass is 255 g/mol. The van der Waals surface area contributed by atoms with E-state index < -0.39 is 5.82 Å². The minimum atomic E-state index is -0.396. The Morgan fingerprint density at radius 2 is 2.28 bits per heavy atom. The number of likely N-dealkylation sites (N-methyl/N-ethyl adjacent to an activating group) is 1. The lowest BCUT2D eigenvalue weighted by Gasteiger charge is -2.20. The van der Waals surface area contributed by atoms with E-state index in [1.807, 2.05) is 6.92 Å². The van der Waals surface area contributed by atoms with E-state index in [-0.39, 0.29) is 19.1 Å². The van der Waals surface area contributed by atoms with Gasteiger partial charge in [-0.1, -0.05) is 6.07 Å². The second-order valence-electron chi connectivity index (χ2n) is 3.80. The summed E-state index contributed by atoms with van der Waals surface area (Å²) in [5.41, 5.74) is 0. The summed E-state index contributed by atoms with van der Waals surface area (Å²) in [4.78, 5) is 13.4. The zero-order valence-corrected chi connectivity index (χ0v) is 10.4. The van der Waals surface area contributed by atoms with Crippen molar-refractivity contribution in [1.82, 2.24) is 4.90 Å². The first-order valence-electron chi connectivity index (χ1n) is 5.94.